The highest BCUT2D eigenvalue weighted by Crippen LogP contribution is 2.40. The van der Waals surface area contributed by atoms with Crippen molar-refractivity contribution in [3.8, 4) is 23.0 Å². The fraction of sp³-hybridized carbons (Fsp3) is 0.273. The Hall–Kier alpha value is -4.49. The Morgan fingerprint density at radius 3 is 2.28 bits per heavy atom. The Morgan fingerprint density at radius 1 is 1.03 bits per heavy atom. The van der Waals surface area contributed by atoms with Gasteiger partial charge < -0.3 is 19.5 Å². The number of ether oxygens (including phenoxy) is 3. The molecule has 1 aliphatic rings. The maximum absolute atomic E-state index is 13.4. The Bertz CT molecular complexity index is 1250. The van der Waals surface area contributed by atoms with Gasteiger partial charge in [-0.2, -0.15) is 13.2 Å². The Balaban J connectivity index is 1.43. The average Bonchev–Trinajstić information content (AvgIpc) is 3.64. The number of rotatable bonds is 7. The molecule has 1 fully saturated rings. The first-order chi connectivity index (χ1) is 17.1. The van der Waals surface area contributed by atoms with E-state index >= 15 is 0 Å². The number of hydrogen-bond donors (Lipinski definition) is 1. The smallest absolute Gasteiger partial charge is 0.420 e. The van der Waals surface area contributed by atoms with Crippen molar-refractivity contribution < 1.29 is 37.0 Å². The molecule has 188 valence electrons. The van der Waals surface area contributed by atoms with Crippen LogP contribution in [0, 0.1) is 0 Å². The van der Waals surface area contributed by atoms with Gasteiger partial charge >= 0.3 is 12.3 Å². The molecule has 4 rings (SSSR count). The van der Waals surface area contributed by atoms with Gasteiger partial charge in [0.1, 0.15) is 28.9 Å². The molecule has 1 N–H and O–H groups in total. The lowest BCUT2D eigenvalue weighted by Gasteiger charge is -2.22. The van der Waals surface area contributed by atoms with Gasteiger partial charge in [-0.15, -0.1) is 0 Å². The topological polar surface area (TPSA) is 129 Å². The number of hydrogen-bond acceptors (Lipinski definition) is 9. The van der Waals surface area contributed by atoms with Crippen molar-refractivity contribution in [1.82, 2.24) is 25.3 Å². The monoisotopic (exact) mass is 504 g/mol. The third kappa shape index (κ3) is 5.42. The molecule has 3 aromatic rings. The minimum Gasteiger partial charge on any atom is -0.497 e. The summed E-state index contributed by atoms with van der Waals surface area (Å²) in [6, 6.07) is 3.26. The molecule has 0 saturated heterocycles. The molecule has 0 bridgehead atoms. The van der Waals surface area contributed by atoms with Crippen LogP contribution in [0.5, 0.6) is 23.0 Å². The molecular formula is C22H19F3N6O5. The predicted octanol–water partition coefficient (Wildman–Crippen LogP) is 3.37. The molecule has 0 unspecified atom stereocenters. The fourth-order valence-electron chi connectivity index (χ4n) is 3.20. The van der Waals surface area contributed by atoms with Crippen LogP contribution < -0.4 is 24.4 Å². The van der Waals surface area contributed by atoms with E-state index in [1.807, 2.05) is 0 Å². The van der Waals surface area contributed by atoms with Gasteiger partial charge in [0.15, 0.2) is 11.5 Å². The summed E-state index contributed by atoms with van der Waals surface area (Å²) in [5.41, 5.74) is -2.22. The van der Waals surface area contributed by atoms with E-state index in [1.54, 1.807) is 0 Å². The molecular weight excluding hydrogens is 485 g/mol. The highest BCUT2D eigenvalue weighted by Gasteiger charge is 2.53. The van der Waals surface area contributed by atoms with Gasteiger partial charge in [0.2, 0.25) is 5.95 Å². The van der Waals surface area contributed by atoms with Crippen molar-refractivity contribution >= 4 is 17.9 Å². The third-order valence-corrected chi connectivity index (χ3v) is 5.19. The summed E-state index contributed by atoms with van der Waals surface area (Å²) in [4.78, 5) is 41.8. The van der Waals surface area contributed by atoms with Crippen molar-refractivity contribution in [3.63, 3.8) is 0 Å². The Labute approximate surface area is 202 Å². The summed E-state index contributed by atoms with van der Waals surface area (Å²) in [5, 5.41) is 2.54. The van der Waals surface area contributed by atoms with Crippen LogP contribution >= 0.6 is 0 Å². The van der Waals surface area contributed by atoms with Crippen molar-refractivity contribution in [2.24, 2.45) is 0 Å². The molecule has 2 amide bonds. The fourth-order valence-corrected chi connectivity index (χ4v) is 3.20. The van der Waals surface area contributed by atoms with E-state index < -0.39 is 35.0 Å². The summed E-state index contributed by atoms with van der Waals surface area (Å²) < 4.78 is 55.4. The maximum atomic E-state index is 13.4. The van der Waals surface area contributed by atoms with E-state index in [0.29, 0.717) is 12.8 Å². The summed E-state index contributed by atoms with van der Waals surface area (Å²) in [6.07, 6.45) is 1.33. The quantitative estimate of drug-likeness (QED) is 0.515. The third-order valence-electron chi connectivity index (χ3n) is 5.19. The predicted molar refractivity (Wildman–Crippen MR) is 117 cm³/mol. The first kappa shape index (κ1) is 24.6. The van der Waals surface area contributed by atoms with Crippen molar-refractivity contribution in [3.05, 3.63) is 54.9 Å². The molecule has 2 heterocycles. The van der Waals surface area contributed by atoms with E-state index in [2.05, 4.69) is 25.3 Å². The number of anilines is 1. The van der Waals surface area contributed by atoms with E-state index in [-0.39, 0.29) is 23.2 Å². The first-order valence-corrected chi connectivity index (χ1v) is 10.4. The zero-order valence-corrected chi connectivity index (χ0v) is 18.9. The van der Waals surface area contributed by atoms with Gasteiger partial charge in [0.05, 0.1) is 31.9 Å². The first-order valence-electron chi connectivity index (χ1n) is 10.4. The number of halogens is 3. The van der Waals surface area contributed by atoms with Gasteiger partial charge in [0.25, 0.3) is 5.91 Å². The minimum atomic E-state index is -4.68. The lowest BCUT2D eigenvalue weighted by atomic mass is 10.2. The number of aromatic nitrogens is 4. The summed E-state index contributed by atoms with van der Waals surface area (Å²) in [7, 11) is 2.66. The highest BCUT2D eigenvalue weighted by atomic mass is 19.4. The molecule has 0 atom stereocenters. The summed E-state index contributed by atoms with van der Waals surface area (Å²) in [5.74, 6) is -0.959. The largest absolute Gasteiger partial charge is 0.497 e. The summed E-state index contributed by atoms with van der Waals surface area (Å²) >= 11 is 0. The molecule has 11 nitrogen and oxygen atoms in total. The minimum absolute atomic E-state index is 0.0185. The zero-order valence-electron chi connectivity index (χ0n) is 18.9. The number of alkyl halides is 3. The number of carbonyl (C=O) groups is 2. The Kier molecular flexibility index (Phi) is 6.59. The number of methoxy groups -OCH3 is 1. The van der Waals surface area contributed by atoms with Gasteiger partial charge in [-0.1, -0.05) is 0 Å². The van der Waals surface area contributed by atoms with Gasteiger partial charge in [-0.3, -0.25) is 9.69 Å². The van der Waals surface area contributed by atoms with Crippen LogP contribution in [-0.2, 0) is 11.0 Å². The molecule has 1 saturated carbocycles. The van der Waals surface area contributed by atoms with Crippen LogP contribution in [0.25, 0.3) is 0 Å². The van der Waals surface area contributed by atoms with E-state index in [9.17, 15) is 22.8 Å². The molecule has 36 heavy (non-hydrogen) atoms. The normalized spacial score (nSPS) is 13.9. The number of benzene rings is 1. The molecule has 0 spiro atoms. The SMILES string of the molecule is COc1ccc(Oc2cnc(N(C)C(=O)C3(NC(=O)Oc4cncnc4)CC3)nc2)c(C(F)(F)F)c1. The molecule has 1 aromatic carbocycles. The average molecular weight is 504 g/mol. The van der Waals surface area contributed by atoms with Crippen LogP contribution in [-0.4, -0.2) is 51.6 Å². The maximum Gasteiger partial charge on any atom is 0.420 e. The van der Waals surface area contributed by atoms with Crippen molar-refractivity contribution in [1.29, 1.82) is 0 Å². The van der Waals surface area contributed by atoms with Crippen LogP contribution in [0.4, 0.5) is 23.9 Å². The van der Waals surface area contributed by atoms with Crippen LogP contribution in [0.15, 0.2) is 49.3 Å². The van der Waals surface area contributed by atoms with Gasteiger partial charge in [-0.25, -0.2) is 24.7 Å². The van der Waals surface area contributed by atoms with Crippen molar-refractivity contribution in [2.75, 3.05) is 19.1 Å². The van der Waals surface area contributed by atoms with E-state index in [1.165, 1.54) is 38.9 Å². The van der Waals surface area contributed by atoms with Crippen molar-refractivity contribution in [2.45, 2.75) is 24.6 Å². The van der Waals surface area contributed by atoms with Crippen LogP contribution in [0.3, 0.4) is 0 Å². The second-order valence-electron chi connectivity index (χ2n) is 7.72. The van der Waals surface area contributed by atoms with Gasteiger partial charge in [-0.05, 0) is 31.0 Å². The second kappa shape index (κ2) is 9.64. The lowest BCUT2D eigenvalue weighted by molar-refractivity contribution is -0.138. The summed E-state index contributed by atoms with van der Waals surface area (Å²) in [6.45, 7) is 0. The van der Waals surface area contributed by atoms with E-state index in [4.69, 9.17) is 14.2 Å². The zero-order chi connectivity index (χ0) is 25.9. The highest BCUT2D eigenvalue weighted by molar-refractivity contribution is 6.02. The number of amides is 2. The number of likely N-dealkylation sites (N-methyl/N-ethyl adjacent to an activating group) is 1. The van der Waals surface area contributed by atoms with E-state index in [0.717, 1.165) is 29.4 Å². The number of nitrogens with zero attached hydrogens (tertiary/aromatic N) is 5. The van der Waals surface area contributed by atoms with Crippen LogP contribution in [0.1, 0.15) is 18.4 Å². The molecule has 0 radical (unpaired) electrons. The lowest BCUT2D eigenvalue weighted by Crippen LogP contribution is -2.50. The standard InChI is InChI=1S/C22H19F3N6O5/c1-31(18(32)21(5-6-21)30-20(33)36-14-8-26-12-27-9-14)19-28-10-15(11-29-19)35-17-4-3-13(34-2)7-16(17)22(23,24)25/h3-4,7-12H,5-6H2,1-2H3,(H,30,33). The van der Waals surface area contributed by atoms with Crippen LogP contribution in [0.2, 0.25) is 0 Å². The number of nitrogens with one attached hydrogen (secondary N) is 1. The molecule has 1 aliphatic carbocycles. The second-order valence-corrected chi connectivity index (χ2v) is 7.72. The molecule has 14 heteroatoms. The Morgan fingerprint density at radius 2 is 1.69 bits per heavy atom. The van der Waals surface area contributed by atoms with Gasteiger partial charge in [0, 0.05) is 7.05 Å². The molecule has 0 aliphatic heterocycles. The molecule has 2 aromatic heterocycles. The number of carbonyl (C=O) groups excluding carboxylic acids is 2.